The van der Waals surface area contributed by atoms with E-state index in [1.165, 1.54) is 4.90 Å². The molecule has 0 aromatic heterocycles. The number of likely N-dealkylation sites (N-methyl/N-ethyl adjacent to an activating group) is 1. The van der Waals surface area contributed by atoms with Crippen LogP contribution in [0.4, 0.5) is 0 Å². The molecular weight excluding hydrogens is 704 g/mol. The number of hydrogen-bond acceptors (Lipinski definition) is 10. The maximum absolute atomic E-state index is 14.2. The second kappa shape index (κ2) is 27.7. The minimum Gasteiger partial charge on any atom is -0.379 e. The maximum atomic E-state index is 14.2. The first-order valence-electron chi connectivity index (χ1n) is 21.3. The minimum atomic E-state index is -1.17. The molecule has 1 saturated heterocycles. The summed E-state index contributed by atoms with van der Waals surface area (Å²) in [4.78, 5) is 71.4. The van der Waals surface area contributed by atoms with Crippen LogP contribution in [0.1, 0.15) is 124 Å². The van der Waals surface area contributed by atoms with E-state index >= 15 is 0 Å². The molecule has 1 saturated carbocycles. The Kier molecular flexibility index (Phi) is 24.3. The first-order chi connectivity index (χ1) is 26.5. The van der Waals surface area contributed by atoms with E-state index in [4.69, 9.17) is 20.9 Å². The topological polar surface area (TPSA) is 219 Å². The zero-order chi connectivity index (χ0) is 40.6. The quantitative estimate of drug-likeness (QED) is 0.0791. The Bertz CT molecular complexity index is 1140. The highest BCUT2D eigenvalue weighted by atomic mass is 16.5. The summed E-state index contributed by atoms with van der Waals surface area (Å²) in [6.07, 6.45) is 12.2. The lowest BCUT2D eigenvalue weighted by molar-refractivity contribution is -0.147. The van der Waals surface area contributed by atoms with Gasteiger partial charge in [-0.2, -0.15) is 0 Å². The van der Waals surface area contributed by atoms with Crippen LogP contribution in [0.2, 0.25) is 0 Å². The van der Waals surface area contributed by atoms with E-state index in [0.29, 0.717) is 45.4 Å². The summed E-state index contributed by atoms with van der Waals surface area (Å²) < 4.78 is 12.3. The molecule has 5 amide bonds. The van der Waals surface area contributed by atoms with Crippen molar-refractivity contribution in [2.75, 3.05) is 53.0 Å². The van der Waals surface area contributed by atoms with Crippen molar-refractivity contribution in [2.24, 2.45) is 23.3 Å². The molecule has 2 rings (SSSR count). The summed E-state index contributed by atoms with van der Waals surface area (Å²) in [6.45, 7) is 10.0. The molecule has 0 aromatic carbocycles. The lowest BCUT2D eigenvalue weighted by atomic mass is 9.90. The average molecular weight is 781 g/mol. The largest absolute Gasteiger partial charge is 0.379 e. The number of nitrogens with one attached hydrogen (secondary N) is 5. The molecule has 1 heterocycles. The molecule has 15 heteroatoms. The number of ether oxygens (including phenoxy) is 2. The number of rotatable bonds is 18. The number of carbonyl (C=O) groups is 5. The molecule has 55 heavy (non-hydrogen) atoms. The molecule has 1 aliphatic carbocycles. The van der Waals surface area contributed by atoms with Crippen molar-refractivity contribution in [1.29, 1.82) is 0 Å². The number of carbonyl (C=O) groups excluding carboxylic acids is 5. The normalized spacial score (nSPS) is 27.6. The predicted octanol–water partition coefficient (Wildman–Crippen LogP) is 1.85. The summed E-state index contributed by atoms with van der Waals surface area (Å²) in [7, 11) is 1.65. The number of nitrogens with two attached hydrogens (primary N) is 2. The summed E-state index contributed by atoms with van der Waals surface area (Å²) in [5.74, 6) is -2.98. The molecule has 0 aromatic rings. The highest BCUT2D eigenvalue weighted by Gasteiger charge is 2.38. The number of amides is 5. The standard InChI is InChI=1S/C40H76N8O7/c1-6-8-9-14-20-34-29(4)40(53)48(5)33(17-7-2)38(51)47-35(30-18-12-10-11-13-19-30)39(52)45-31(25-42)36(49)46-32(37(50)44-28(3)26-55-34)27-54-24-16-23-43-22-15-21-41/h28-35,43H,6-27,41-42H2,1-5H3,(H,44,50)(H,45,52)(H,46,49)(H,47,51)/t28-,29-,31+,32+,33+,34-,35+/m1/s1. The van der Waals surface area contributed by atoms with Gasteiger partial charge < -0.3 is 52.4 Å². The van der Waals surface area contributed by atoms with Gasteiger partial charge in [-0.15, -0.1) is 0 Å². The van der Waals surface area contributed by atoms with Crippen LogP contribution in [-0.2, 0) is 33.4 Å². The van der Waals surface area contributed by atoms with Crippen LogP contribution in [0.25, 0.3) is 0 Å². The van der Waals surface area contributed by atoms with Gasteiger partial charge in [0.1, 0.15) is 24.2 Å². The zero-order valence-electron chi connectivity index (χ0n) is 34.6. The van der Waals surface area contributed by atoms with Gasteiger partial charge in [-0.1, -0.05) is 78.6 Å². The molecule has 2 aliphatic rings. The van der Waals surface area contributed by atoms with E-state index in [0.717, 1.165) is 77.2 Å². The molecular formula is C40H76N8O7. The zero-order valence-corrected chi connectivity index (χ0v) is 34.6. The van der Waals surface area contributed by atoms with Crippen molar-refractivity contribution in [3.63, 3.8) is 0 Å². The Morgan fingerprint density at radius 3 is 2.09 bits per heavy atom. The first kappa shape index (κ1) is 48.3. The van der Waals surface area contributed by atoms with E-state index in [1.54, 1.807) is 14.0 Å². The molecule has 0 unspecified atom stereocenters. The van der Waals surface area contributed by atoms with Crippen LogP contribution in [0, 0.1) is 11.8 Å². The lowest BCUT2D eigenvalue weighted by Gasteiger charge is -2.34. The van der Waals surface area contributed by atoms with Gasteiger partial charge >= 0.3 is 0 Å². The van der Waals surface area contributed by atoms with Crippen LogP contribution in [0.15, 0.2) is 0 Å². The Balaban J connectivity index is 2.46. The van der Waals surface area contributed by atoms with Crippen LogP contribution < -0.4 is 38.1 Å². The van der Waals surface area contributed by atoms with E-state index in [1.807, 2.05) is 13.8 Å². The Morgan fingerprint density at radius 1 is 0.764 bits per heavy atom. The molecule has 7 atom stereocenters. The Hall–Kier alpha value is -2.85. The fourth-order valence-corrected chi connectivity index (χ4v) is 7.40. The van der Waals surface area contributed by atoms with Gasteiger partial charge in [0.15, 0.2) is 0 Å². The van der Waals surface area contributed by atoms with Crippen molar-refractivity contribution in [2.45, 2.75) is 160 Å². The predicted molar refractivity (Wildman–Crippen MR) is 215 cm³/mol. The number of nitrogens with zero attached hydrogens (tertiary/aromatic N) is 1. The summed E-state index contributed by atoms with van der Waals surface area (Å²) >= 11 is 0. The number of hydrogen-bond donors (Lipinski definition) is 7. The fourth-order valence-electron chi connectivity index (χ4n) is 7.40. The van der Waals surface area contributed by atoms with Gasteiger partial charge in [0, 0.05) is 26.2 Å². The van der Waals surface area contributed by atoms with E-state index in [-0.39, 0.29) is 31.6 Å². The van der Waals surface area contributed by atoms with Crippen molar-refractivity contribution < 1.29 is 33.4 Å². The van der Waals surface area contributed by atoms with E-state index < -0.39 is 65.9 Å². The number of unbranched alkanes of at least 4 members (excludes halogenated alkanes) is 3. The van der Waals surface area contributed by atoms with Crippen molar-refractivity contribution in [3.05, 3.63) is 0 Å². The molecule has 9 N–H and O–H groups in total. The Labute approximate surface area is 330 Å². The van der Waals surface area contributed by atoms with Crippen LogP contribution in [0.3, 0.4) is 0 Å². The monoisotopic (exact) mass is 781 g/mol. The van der Waals surface area contributed by atoms with Gasteiger partial charge in [-0.05, 0) is 71.0 Å². The Morgan fingerprint density at radius 2 is 1.44 bits per heavy atom. The smallest absolute Gasteiger partial charge is 0.245 e. The van der Waals surface area contributed by atoms with Gasteiger partial charge in [-0.25, -0.2) is 0 Å². The van der Waals surface area contributed by atoms with Crippen LogP contribution in [-0.4, -0.2) is 124 Å². The molecule has 0 radical (unpaired) electrons. The summed E-state index contributed by atoms with van der Waals surface area (Å²) in [5.41, 5.74) is 11.6. The first-order valence-corrected chi connectivity index (χ1v) is 21.3. The summed E-state index contributed by atoms with van der Waals surface area (Å²) in [5, 5.41) is 14.8. The third-order valence-electron chi connectivity index (χ3n) is 10.9. The lowest BCUT2D eigenvalue weighted by Crippen LogP contribution is -2.62. The third kappa shape index (κ3) is 17.4. The van der Waals surface area contributed by atoms with E-state index in [9.17, 15) is 24.0 Å². The highest BCUT2D eigenvalue weighted by molar-refractivity contribution is 5.96. The van der Waals surface area contributed by atoms with Gasteiger partial charge in [0.05, 0.1) is 25.2 Å². The summed E-state index contributed by atoms with van der Waals surface area (Å²) in [6, 6.07) is -4.47. The molecule has 318 valence electrons. The van der Waals surface area contributed by atoms with Crippen LogP contribution >= 0.6 is 0 Å². The maximum Gasteiger partial charge on any atom is 0.245 e. The third-order valence-corrected chi connectivity index (χ3v) is 10.9. The molecule has 1 aliphatic heterocycles. The molecule has 2 fully saturated rings. The second-order valence-corrected chi connectivity index (χ2v) is 15.6. The van der Waals surface area contributed by atoms with Crippen molar-refractivity contribution in [1.82, 2.24) is 31.5 Å². The average Bonchev–Trinajstić information content (AvgIpc) is 3.46. The van der Waals surface area contributed by atoms with Gasteiger partial charge in [-0.3, -0.25) is 24.0 Å². The van der Waals surface area contributed by atoms with Gasteiger partial charge in [0.2, 0.25) is 29.5 Å². The van der Waals surface area contributed by atoms with Crippen molar-refractivity contribution in [3.8, 4) is 0 Å². The minimum absolute atomic E-state index is 0.101. The molecule has 0 bridgehead atoms. The highest BCUT2D eigenvalue weighted by Crippen LogP contribution is 2.27. The molecule has 0 spiro atoms. The van der Waals surface area contributed by atoms with E-state index in [2.05, 4.69) is 33.5 Å². The fraction of sp³-hybridized carbons (Fsp3) is 0.875. The molecule has 15 nitrogen and oxygen atoms in total. The van der Waals surface area contributed by atoms with Gasteiger partial charge in [0.25, 0.3) is 0 Å². The second-order valence-electron chi connectivity index (χ2n) is 15.6. The van der Waals surface area contributed by atoms with Crippen LogP contribution in [0.5, 0.6) is 0 Å². The SMILES string of the molecule is CCCCCC[C@H]1OC[C@@H](C)NC(=O)[C@H](COCCCNCCCN)NC(=O)[C@H](CN)NC(=O)[C@H](C2CCCCCC2)NC(=O)[C@H](CCC)N(C)C(=O)[C@@H]1C. The van der Waals surface area contributed by atoms with Crippen molar-refractivity contribution >= 4 is 29.5 Å².